The summed E-state index contributed by atoms with van der Waals surface area (Å²) in [4.78, 5) is 33.1. The van der Waals surface area contributed by atoms with Gasteiger partial charge in [-0.1, -0.05) is 6.08 Å². The fourth-order valence-electron chi connectivity index (χ4n) is 4.84. The molecule has 10 nitrogen and oxygen atoms in total. The maximum atomic E-state index is 13.4. The van der Waals surface area contributed by atoms with Crippen LogP contribution in [-0.2, 0) is 6.54 Å². The number of pyridine rings is 1. The lowest BCUT2D eigenvalue weighted by molar-refractivity contribution is 0.0949. The van der Waals surface area contributed by atoms with Crippen LogP contribution in [0.5, 0.6) is 0 Å². The standard InChI is InChI=1S/C30H44N8O2/c1-19(2)35-27-16-23(20(3)6-7-28(33)38-12-10-37(9-8-31)11-13-38)15-24(25(27)17-32)29(39)34-18-26-21(4)14-22(5)36-30(26)40/h6-7,14-17,19,33,35H,8-13,18,31-32H2,1-5H3,(H,34,39)(H,36,40). The second-order valence-corrected chi connectivity index (χ2v) is 10.6. The molecule has 0 spiro atoms. The Morgan fingerprint density at radius 1 is 1.15 bits per heavy atom. The van der Waals surface area contributed by atoms with E-state index in [1.807, 2.05) is 52.8 Å². The Bertz CT molecular complexity index is 1430. The molecule has 2 aromatic rings. The number of anilines is 1. The van der Waals surface area contributed by atoms with Crippen molar-refractivity contribution >= 4 is 29.2 Å². The molecule has 0 unspecified atom stereocenters. The number of nitrogens with two attached hydrogens (primary N) is 2. The molecule has 8 N–H and O–H groups in total. The van der Waals surface area contributed by atoms with Crippen molar-refractivity contribution < 1.29 is 4.79 Å². The number of hydrogen-bond donors (Lipinski definition) is 6. The molecule has 1 aromatic heterocycles. The topological polar surface area (TPSA) is 156 Å². The predicted octanol–water partition coefficient (Wildman–Crippen LogP) is 0.719. The van der Waals surface area contributed by atoms with Crippen LogP contribution in [0, 0.1) is 19.3 Å². The number of carbonyl (C=O) groups is 1. The molecular weight excluding hydrogens is 504 g/mol. The number of aryl methyl sites for hydroxylation is 2. The van der Waals surface area contributed by atoms with Gasteiger partial charge in [0.05, 0.1) is 5.56 Å². The maximum Gasteiger partial charge on any atom is 0.253 e. The van der Waals surface area contributed by atoms with Gasteiger partial charge in [-0.15, -0.1) is 0 Å². The monoisotopic (exact) mass is 548 g/mol. The van der Waals surface area contributed by atoms with Crippen LogP contribution in [0.15, 0.2) is 35.1 Å². The Kier molecular flexibility index (Phi) is 10.7. The summed E-state index contributed by atoms with van der Waals surface area (Å²) in [5.41, 5.74) is 15.6. The Hall–Kier alpha value is -3.89. The van der Waals surface area contributed by atoms with Crippen molar-refractivity contribution in [3.63, 3.8) is 0 Å². The van der Waals surface area contributed by atoms with Crippen molar-refractivity contribution in [2.24, 2.45) is 11.5 Å². The molecule has 0 bridgehead atoms. The highest BCUT2D eigenvalue weighted by atomic mass is 16.1. The minimum Gasteiger partial charge on any atom is -0.404 e. The Balaban J connectivity index is 1.91. The number of piperazine rings is 1. The van der Waals surface area contributed by atoms with Crippen LogP contribution in [0.25, 0.3) is 11.8 Å². The van der Waals surface area contributed by atoms with E-state index in [0.717, 1.165) is 60.5 Å². The second-order valence-electron chi connectivity index (χ2n) is 10.6. The average molecular weight is 549 g/mol. The van der Waals surface area contributed by atoms with Crippen LogP contribution in [0.2, 0.25) is 0 Å². The average Bonchev–Trinajstić information content (AvgIpc) is 2.90. The minimum atomic E-state index is -0.329. The van der Waals surface area contributed by atoms with Gasteiger partial charge in [0.25, 0.3) is 11.5 Å². The van der Waals surface area contributed by atoms with Gasteiger partial charge in [0, 0.05) is 80.2 Å². The number of benzene rings is 1. The number of nitrogens with one attached hydrogen (secondary N) is 4. The summed E-state index contributed by atoms with van der Waals surface area (Å²) < 4.78 is 0. The summed E-state index contributed by atoms with van der Waals surface area (Å²) in [6.45, 7) is 14.7. The maximum absolute atomic E-state index is 13.4. The van der Waals surface area contributed by atoms with Gasteiger partial charge in [0.15, 0.2) is 0 Å². The van der Waals surface area contributed by atoms with E-state index in [9.17, 15) is 9.59 Å². The molecule has 1 aliphatic heterocycles. The van der Waals surface area contributed by atoms with E-state index in [2.05, 4.69) is 25.4 Å². The van der Waals surface area contributed by atoms with Crippen molar-refractivity contribution in [1.82, 2.24) is 20.1 Å². The van der Waals surface area contributed by atoms with E-state index in [4.69, 9.17) is 16.9 Å². The van der Waals surface area contributed by atoms with Gasteiger partial charge in [0.2, 0.25) is 0 Å². The Morgan fingerprint density at radius 3 is 2.45 bits per heavy atom. The zero-order chi connectivity index (χ0) is 29.4. The van der Waals surface area contributed by atoms with Gasteiger partial charge in [0.1, 0.15) is 5.84 Å². The van der Waals surface area contributed by atoms with Crippen molar-refractivity contribution in [1.29, 1.82) is 5.41 Å². The number of rotatable bonds is 9. The Morgan fingerprint density at radius 2 is 1.85 bits per heavy atom. The van der Waals surface area contributed by atoms with E-state index in [1.54, 1.807) is 12.1 Å². The molecule has 0 aliphatic carbocycles. The summed E-state index contributed by atoms with van der Waals surface area (Å²) in [6.07, 6.45) is 5.14. The summed E-state index contributed by atoms with van der Waals surface area (Å²) in [7, 11) is 0. The van der Waals surface area contributed by atoms with E-state index in [0.29, 0.717) is 28.7 Å². The zero-order valence-corrected chi connectivity index (χ0v) is 24.4. The van der Waals surface area contributed by atoms with Crippen LogP contribution in [0.3, 0.4) is 0 Å². The molecule has 3 rings (SSSR count). The van der Waals surface area contributed by atoms with Gasteiger partial charge >= 0.3 is 0 Å². The number of allylic oxidation sites excluding steroid dienone is 1. The number of aromatic amines is 1. The van der Waals surface area contributed by atoms with Gasteiger partial charge in [-0.3, -0.25) is 19.9 Å². The summed E-state index contributed by atoms with van der Waals surface area (Å²) in [6, 6.07) is 5.77. The van der Waals surface area contributed by atoms with E-state index < -0.39 is 0 Å². The molecule has 1 amide bonds. The summed E-state index contributed by atoms with van der Waals surface area (Å²) in [5, 5.41) is 16.3. The van der Waals surface area contributed by atoms with Crippen LogP contribution in [0.4, 0.5) is 5.69 Å². The highest BCUT2D eigenvalue weighted by molar-refractivity contribution is 5.96. The third-order valence-corrected chi connectivity index (χ3v) is 7.06. The fourth-order valence-corrected chi connectivity index (χ4v) is 4.84. The summed E-state index contributed by atoms with van der Waals surface area (Å²) in [5.74, 6) is 0.125. The van der Waals surface area contributed by atoms with E-state index >= 15 is 0 Å². The van der Waals surface area contributed by atoms with Crippen molar-refractivity contribution in [3.05, 3.63) is 73.5 Å². The number of hydrogen-bond acceptors (Lipinski definition) is 7. The SMILES string of the molecule is CC(C=CC(=N)N1CCN(CCN)CC1)=c1cc(NC(C)C)c(=CN)c(C(=O)NCc2c(C)cc(C)[nH]c2=O)c1. The fraction of sp³-hybridized carbons (Fsp3) is 0.433. The van der Waals surface area contributed by atoms with Crippen molar-refractivity contribution in [2.45, 2.75) is 47.2 Å². The third-order valence-electron chi connectivity index (χ3n) is 7.06. The van der Waals surface area contributed by atoms with Crippen LogP contribution in [-0.4, -0.2) is 71.8 Å². The van der Waals surface area contributed by atoms with Gasteiger partial charge in [-0.25, -0.2) is 0 Å². The predicted molar refractivity (Wildman–Crippen MR) is 164 cm³/mol. The molecule has 40 heavy (non-hydrogen) atoms. The van der Waals surface area contributed by atoms with Gasteiger partial charge in [-0.2, -0.15) is 0 Å². The molecule has 0 atom stereocenters. The molecule has 2 heterocycles. The van der Waals surface area contributed by atoms with Crippen LogP contribution < -0.4 is 38.1 Å². The number of carbonyl (C=O) groups excluding carboxylic acids is 1. The molecule has 1 saturated heterocycles. The molecule has 0 radical (unpaired) electrons. The molecule has 1 fully saturated rings. The third kappa shape index (κ3) is 7.83. The van der Waals surface area contributed by atoms with Crippen LogP contribution >= 0.6 is 0 Å². The molecule has 0 saturated carbocycles. The highest BCUT2D eigenvalue weighted by Gasteiger charge is 2.17. The molecular formula is C30H44N8O2. The Labute approximate surface area is 236 Å². The normalized spacial score (nSPS) is 15.6. The number of nitrogens with zero attached hydrogens (tertiary/aromatic N) is 2. The first-order chi connectivity index (χ1) is 19.0. The number of amides is 1. The quantitative estimate of drug-likeness (QED) is 0.199. The minimum absolute atomic E-state index is 0.0970. The number of amidine groups is 1. The molecule has 10 heteroatoms. The largest absolute Gasteiger partial charge is 0.404 e. The summed E-state index contributed by atoms with van der Waals surface area (Å²) >= 11 is 0. The number of aromatic nitrogens is 1. The van der Waals surface area contributed by atoms with E-state index in [-0.39, 0.29) is 24.1 Å². The first-order valence-corrected chi connectivity index (χ1v) is 13.8. The molecule has 216 valence electrons. The van der Waals surface area contributed by atoms with Gasteiger partial charge < -0.3 is 32.0 Å². The first-order valence-electron chi connectivity index (χ1n) is 13.8. The smallest absolute Gasteiger partial charge is 0.253 e. The van der Waals surface area contributed by atoms with Crippen molar-refractivity contribution in [2.75, 3.05) is 44.6 Å². The lowest BCUT2D eigenvalue weighted by Crippen LogP contribution is -2.49. The lowest BCUT2D eigenvalue weighted by Gasteiger charge is -2.35. The van der Waals surface area contributed by atoms with Gasteiger partial charge in [-0.05, 0) is 75.2 Å². The number of H-pyrrole nitrogens is 1. The van der Waals surface area contributed by atoms with Crippen molar-refractivity contribution in [3.8, 4) is 0 Å². The lowest BCUT2D eigenvalue weighted by atomic mass is 10.0. The molecule has 1 aromatic carbocycles. The molecule has 1 aliphatic rings. The highest BCUT2D eigenvalue weighted by Crippen LogP contribution is 2.08. The van der Waals surface area contributed by atoms with E-state index in [1.165, 1.54) is 6.20 Å². The first kappa shape index (κ1) is 30.6. The second kappa shape index (κ2) is 14.0. The zero-order valence-electron chi connectivity index (χ0n) is 24.4. The van der Waals surface area contributed by atoms with Crippen LogP contribution in [0.1, 0.15) is 48.0 Å².